The van der Waals surface area contributed by atoms with Crippen LogP contribution in [0, 0.1) is 0 Å². The summed E-state index contributed by atoms with van der Waals surface area (Å²) in [4.78, 5) is 44.6. The lowest BCUT2D eigenvalue weighted by atomic mass is 10.1. The Morgan fingerprint density at radius 1 is 1.07 bits per heavy atom. The van der Waals surface area contributed by atoms with Crippen molar-refractivity contribution in [2.24, 2.45) is 4.99 Å². The number of rotatable bonds is 4. The molecule has 1 fully saturated rings. The molecule has 154 valence electrons. The van der Waals surface area contributed by atoms with Crippen LogP contribution in [0.5, 0.6) is 0 Å². The maximum absolute atomic E-state index is 13.2. The summed E-state index contributed by atoms with van der Waals surface area (Å²) in [5.41, 5.74) is -0.187. The summed E-state index contributed by atoms with van der Waals surface area (Å²) in [5, 5.41) is 3.76. The second kappa shape index (κ2) is 7.95. The van der Waals surface area contributed by atoms with Crippen LogP contribution >= 0.6 is 11.8 Å². The van der Waals surface area contributed by atoms with Crippen LogP contribution in [0.2, 0.25) is 0 Å². The fraction of sp³-hybridized carbons (Fsp3) is 0.273. The standard InChI is InChI=1S/C22H22N4O3S/c1-22(2)14-30-21(23-12-15-8-4-3-5-9-15)26(22)18(27)13-25-20(29)17-11-7-6-10-16(17)19(28)24-25/h3-11H,12-14H2,1-2H3,(H,24,28). The van der Waals surface area contributed by atoms with E-state index in [2.05, 4.69) is 10.1 Å². The lowest BCUT2D eigenvalue weighted by Crippen LogP contribution is -2.49. The first-order valence-corrected chi connectivity index (χ1v) is 10.6. The summed E-state index contributed by atoms with van der Waals surface area (Å²) in [7, 11) is 0. The number of amidine groups is 1. The molecular formula is C22H22N4O3S. The van der Waals surface area contributed by atoms with Gasteiger partial charge in [-0.2, -0.15) is 0 Å². The predicted octanol–water partition coefficient (Wildman–Crippen LogP) is 2.60. The van der Waals surface area contributed by atoms with Gasteiger partial charge in [0, 0.05) is 5.75 Å². The Kier molecular flexibility index (Phi) is 5.34. The normalized spacial score (nSPS) is 17.0. The van der Waals surface area contributed by atoms with Crippen LogP contribution in [0.25, 0.3) is 10.8 Å². The summed E-state index contributed by atoms with van der Waals surface area (Å²) < 4.78 is 1.08. The van der Waals surface area contributed by atoms with Gasteiger partial charge < -0.3 is 0 Å². The highest BCUT2D eigenvalue weighted by molar-refractivity contribution is 8.14. The van der Waals surface area contributed by atoms with E-state index in [1.165, 1.54) is 11.8 Å². The summed E-state index contributed by atoms with van der Waals surface area (Å²) in [6.45, 7) is 4.15. The quantitative estimate of drug-likeness (QED) is 0.700. The number of benzene rings is 2. The molecule has 8 heteroatoms. The number of amides is 1. The molecule has 0 radical (unpaired) electrons. The minimum Gasteiger partial charge on any atom is -0.283 e. The highest BCUT2D eigenvalue weighted by Gasteiger charge is 2.41. The van der Waals surface area contributed by atoms with Crippen LogP contribution in [-0.2, 0) is 17.9 Å². The number of nitrogens with one attached hydrogen (secondary N) is 1. The molecule has 1 amide bonds. The molecular weight excluding hydrogens is 400 g/mol. The van der Waals surface area contributed by atoms with Gasteiger partial charge >= 0.3 is 0 Å². The van der Waals surface area contributed by atoms with E-state index in [-0.39, 0.29) is 12.5 Å². The molecule has 4 rings (SSSR count). The first kappa shape index (κ1) is 20.2. The largest absolute Gasteiger partial charge is 0.283 e. The Bertz CT molecular complexity index is 1240. The molecule has 0 aliphatic carbocycles. The van der Waals surface area contributed by atoms with Crippen LogP contribution in [0.4, 0.5) is 0 Å². The van der Waals surface area contributed by atoms with Gasteiger partial charge in [0.05, 0.1) is 22.9 Å². The molecule has 0 unspecified atom stereocenters. The lowest BCUT2D eigenvalue weighted by molar-refractivity contribution is -0.131. The summed E-state index contributed by atoms with van der Waals surface area (Å²) in [6, 6.07) is 16.4. The molecule has 7 nitrogen and oxygen atoms in total. The Morgan fingerprint density at radius 3 is 2.47 bits per heavy atom. The van der Waals surface area contributed by atoms with E-state index < -0.39 is 16.7 Å². The van der Waals surface area contributed by atoms with Gasteiger partial charge in [0.2, 0.25) is 0 Å². The van der Waals surface area contributed by atoms with Crippen molar-refractivity contribution < 1.29 is 4.79 Å². The van der Waals surface area contributed by atoms with E-state index in [0.29, 0.717) is 28.2 Å². The van der Waals surface area contributed by atoms with Crippen molar-refractivity contribution in [3.8, 4) is 0 Å². The molecule has 2 aromatic carbocycles. The van der Waals surface area contributed by atoms with Gasteiger partial charge in [-0.1, -0.05) is 54.2 Å². The Hall–Kier alpha value is -3.13. The van der Waals surface area contributed by atoms with E-state index in [1.54, 1.807) is 29.2 Å². The minimum atomic E-state index is -0.446. The Morgan fingerprint density at radius 2 is 1.73 bits per heavy atom. The second-order valence-electron chi connectivity index (χ2n) is 7.79. The third-order valence-electron chi connectivity index (χ3n) is 5.02. The number of thioether (sulfide) groups is 1. The summed E-state index contributed by atoms with van der Waals surface area (Å²) in [5.74, 6) is 0.417. The van der Waals surface area contributed by atoms with Crippen LogP contribution in [0.1, 0.15) is 19.4 Å². The molecule has 1 saturated heterocycles. The molecule has 0 saturated carbocycles. The fourth-order valence-electron chi connectivity index (χ4n) is 3.50. The summed E-state index contributed by atoms with van der Waals surface area (Å²) in [6.07, 6.45) is 0. The van der Waals surface area contributed by atoms with Crippen LogP contribution in [0.3, 0.4) is 0 Å². The fourth-order valence-corrected chi connectivity index (χ4v) is 4.74. The Labute approximate surface area is 177 Å². The highest BCUT2D eigenvalue weighted by atomic mass is 32.2. The monoisotopic (exact) mass is 422 g/mol. The average molecular weight is 423 g/mol. The molecule has 1 aliphatic heterocycles. The molecule has 2 heterocycles. The maximum atomic E-state index is 13.2. The summed E-state index contributed by atoms with van der Waals surface area (Å²) >= 11 is 1.52. The average Bonchev–Trinajstić information content (AvgIpc) is 3.05. The van der Waals surface area contributed by atoms with E-state index in [0.717, 1.165) is 10.2 Å². The Balaban J connectivity index is 1.64. The van der Waals surface area contributed by atoms with Crippen molar-refractivity contribution in [3.05, 3.63) is 80.9 Å². The van der Waals surface area contributed by atoms with Gasteiger partial charge in [-0.3, -0.25) is 29.4 Å². The first-order chi connectivity index (χ1) is 14.4. The number of carbonyl (C=O) groups excluding carboxylic acids is 1. The SMILES string of the molecule is CC1(C)CSC(=NCc2ccccc2)N1C(=O)Cn1[nH]c(=O)c2ccccc2c1=O. The van der Waals surface area contributed by atoms with Crippen molar-refractivity contribution in [2.75, 3.05) is 5.75 Å². The number of nitrogens with zero attached hydrogens (tertiary/aromatic N) is 3. The molecule has 30 heavy (non-hydrogen) atoms. The maximum Gasteiger partial charge on any atom is 0.273 e. The van der Waals surface area contributed by atoms with Gasteiger partial charge in [-0.25, -0.2) is 4.68 Å². The van der Waals surface area contributed by atoms with Crippen LogP contribution < -0.4 is 11.1 Å². The number of aliphatic imine (C=N–C) groups is 1. The molecule has 0 spiro atoms. The second-order valence-corrected chi connectivity index (χ2v) is 8.73. The zero-order valence-corrected chi connectivity index (χ0v) is 17.6. The number of aromatic nitrogens is 2. The first-order valence-electron chi connectivity index (χ1n) is 9.63. The highest BCUT2D eigenvalue weighted by Crippen LogP contribution is 2.33. The number of aromatic amines is 1. The topological polar surface area (TPSA) is 87.5 Å². The van der Waals surface area contributed by atoms with E-state index >= 15 is 0 Å². The van der Waals surface area contributed by atoms with Gasteiger partial charge in [-0.05, 0) is 31.5 Å². The smallest absolute Gasteiger partial charge is 0.273 e. The van der Waals surface area contributed by atoms with Crippen molar-refractivity contribution in [1.29, 1.82) is 0 Å². The van der Waals surface area contributed by atoms with Gasteiger partial charge in [0.1, 0.15) is 6.54 Å². The molecule has 1 aromatic heterocycles. The zero-order chi connectivity index (χ0) is 21.3. The number of hydrogen-bond donors (Lipinski definition) is 1. The van der Waals surface area contributed by atoms with Gasteiger partial charge in [0.25, 0.3) is 17.0 Å². The molecule has 0 bridgehead atoms. The minimum absolute atomic E-state index is 0.257. The predicted molar refractivity (Wildman–Crippen MR) is 120 cm³/mol. The van der Waals surface area contributed by atoms with Crippen molar-refractivity contribution in [3.63, 3.8) is 0 Å². The number of hydrogen-bond acceptors (Lipinski definition) is 5. The molecule has 0 atom stereocenters. The van der Waals surface area contributed by atoms with Crippen molar-refractivity contribution in [2.45, 2.75) is 32.5 Å². The van der Waals surface area contributed by atoms with Crippen molar-refractivity contribution >= 4 is 33.6 Å². The number of H-pyrrole nitrogens is 1. The van der Waals surface area contributed by atoms with E-state index in [1.807, 2.05) is 44.2 Å². The van der Waals surface area contributed by atoms with Gasteiger partial charge in [0.15, 0.2) is 5.17 Å². The van der Waals surface area contributed by atoms with Crippen LogP contribution in [-0.4, -0.2) is 37.0 Å². The lowest BCUT2D eigenvalue weighted by Gasteiger charge is -2.30. The van der Waals surface area contributed by atoms with E-state index in [9.17, 15) is 14.4 Å². The van der Waals surface area contributed by atoms with Gasteiger partial charge in [-0.15, -0.1) is 0 Å². The third-order valence-corrected chi connectivity index (χ3v) is 6.44. The number of carbonyl (C=O) groups is 1. The van der Waals surface area contributed by atoms with Crippen LogP contribution in [0.15, 0.2) is 69.2 Å². The molecule has 1 aliphatic rings. The zero-order valence-electron chi connectivity index (χ0n) is 16.8. The van der Waals surface area contributed by atoms with E-state index in [4.69, 9.17) is 0 Å². The van der Waals surface area contributed by atoms with Crippen molar-refractivity contribution in [1.82, 2.24) is 14.7 Å². The molecule has 1 N–H and O–H groups in total. The number of fused-ring (bicyclic) bond motifs is 1. The molecule has 3 aromatic rings. The third kappa shape index (κ3) is 3.82.